The van der Waals surface area contributed by atoms with Gasteiger partial charge < -0.3 is 9.64 Å². The van der Waals surface area contributed by atoms with Gasteiger partial charge in [-0.1, -0.05) is 32.4 Å². The highest BCUT2D eigenvalue weighted by Crippen LogP contribution is 2.37. The summed E-state index contributed by atoms with van der Waals surface area (Å²) in [6, 6.07) is 0. The van der Waals surface area contributed by atoms with Crippen LogP contribution in [0.25, 0.3) is 0 Å². The Balaban J connectivity index is 2.18. The summed E-state index contributed by atoms with van der Waals surface area (Å²) < 4.78 is 5.42. The van der Waals surface area contributed by atoms with E-state index in [1.54, 1.807) is 11.1 Å². The Bertz CT molecular complexity index is 337. The molecule has 0 aromatic carbocycles. The topological polar surface area (TPSA) is 12.5 Å². The highest BCUT2D eigenvalue weighted by atomic mass is 16.5. The van der Waals surface area contributed by atoms with Gasteiger partial charge in [0.15, 0.2) is 0 Å². The molecule has 0 aromatic rings. The molecule has 2 atom stereocenters. The van der Waals surface area contributed by atoms with E-state index in [-0.39, 0.29) is 0 Å². The van der Waals surface area contributed by atoms with E-state index < -0.39 is 0 Å². The van der Waals surface area contributed by atoms with Crippen LogP contribution in [0.1, 0.15) is 34.1 Å². The Morgan fingerprint density at radius 1 is 1.33 bits per heavy atom. The second-order valence-electron chi connectivity index (χ2n) is 6.13. The van der Waals surface area contributed by atoms with Gasteiger partial charge in [0.2, 0.25) is 0 Å². The van der Waals surface area contributed by atoms with E-state index in [9.17, 15) is 0 Å². The summed E-state index contributed by atoms with van der Waals surface area (Å²) in [5.41, 5.74) is 3.18. The first-order valence-electron chi connectivity index (χ1n) is 7.28. The summed E-state index contributed by atoms with van der Waals surface area (Å²) in [6.07, 6.45) is 6.10. The SMILES string of the molecule is CC1=CC(C)/C(=C/N2CCOCC2)C(C(C)C)C1. The summed E-state index contributed by atoms with van der Waals surface area (Å²) in [5, 5.41) is 0. The van der Waals surface area contributed by atoms with E-state index >= 15 is 0 Å². The van der Waals surface area contributed by atoms with Gasteiger partial charge in [-0.05, 0) is 42.9 Å². The molecule has 0 saturated carbocycles. The first-order valence-corrected chi connectivity index (χ1v) is 7.28. The standard InChI is InChI=1S/C16H27NO/c1-12(2)15-10-13(3)9-14(4)16(15)11-17-5-7-18-8-6-17/h9,11-12,14-15H,5-8,10H2,1-4H3/b16-11-. The number of hydrogen-bond donors (Lipinski definition) is 0. The first kappa shape index (κ1) is 13.7. The van der Waals surface area contributed by atoms with Gasteiger partial charge in [-0.15, -0.1) is 0 Å². The number of morpholine rings is 1. The third kappa shape index (κ3) is 3.17. The van der Waals surface area contributed by atoms with Crippen molar-refractivity contribution in [2.75, 3.05) is 26.3 Å². The Morgan fingerprint density at radius 3 is 2.61 bits per heavy atom. The highest BCUT2D eigenvalue weighted by Gasteiger charge is 2.27. The third-order valence-corrected chi connectivity index (χ3v) is 4.21. The summed E-state index contributed by atoms with van der Waals surface area (Å²) >= 11 is 0. The van der Waals surface area contributed by atoms with Crippen molar-refractivity contribution in [1.82, 2.24) is 4.90 Å². The normalized spacial score (nSPS) is 31.9. The Hall–Kier alpha value is -0.760. The number of hydrogen-bond acceptors (Lipinski definition) is 2. The van der Waals surface area contributed by atoms with E-state index in [0.717, 1.165) is 32.2 Å². The molecule has 2 heteroatoms. The molecule has 2 unspecified atom stereocenters. The summed E-state index contributed by atoms with van der Waals surface area (Å²) in [4.78, 5) is 2.44. The third-order valence-electron chi connectivity index (χ3n) is 4.21. The molecule has 1 fully saturated rings. The second kappa shape index (κ2) is 5.92. The van der Waals surface area contributed by atoms with Crippen LogP contribution in [0.15, 0.2) is 23.4 Å². The van der Waals surface area contributed by atoms with Crippen molar-refractivity contribution in [3.05, 3.63) is 23.4 Å². The van der Waals surface area contributed by atoms with Crippen molar-refractivity contribution in [3.8, 4) is 0 Å². The van der Waals surface area contributed by atoms with Gasteiger partial charge in [-0.2, -0.15) is 0 Å². The van der Waals surface area contributed by atoms with Crippen molar-refractivity contribution in [2.45, 2.75) is 34.1 Å². The van der Waals surface area contributed by atoms with Gasteiger partial charge in [0, 0.05) is 13.1 Å². The zero-order valence-corrected chi connectivity index (χ0v) is 12.3. The molecule has 1 aliphatic heterocycles. The molecule has 1 saturated heterocycles. The quantitative estimate of drug-likeness (QED) is 0.695. The summed E-state index contributed by atoms with van der Waals surface area (Å²) in [5.74, 6) is 2.03. The lowest BCUT2D eigenvalue weighted by Crippen LogP contribution is -2.34. The Morgan fingerprint density at radius 2 is 2.00 bits per heavy atom. The van der Waals surface area contributed by atoms with Gasteiger partial charge in [0.05, 0.1) is 13.2 Å². The van der Waals surface area contributed by atoms with E-state index in [4.69, 9.17) is 4.74 Å². The summed E-state index contributed by atoms with van der Waals surface area (Å²) in [6.45, 7) is 13.2. The van der Waals surface area contributed by atoms with Gasteiger partial charge >= 0.3 is 0 Å². The van der Waals surface area contributed by atoms with Crippen LogP contribution < -0.4 is 0 Å². The lowest BCUT2D eigenvalue weighted by molar-refractivity contribution is 0.0583. The minimum atomic E-state index is 0.592. The van der Waals surface area contributed by atoms with Crippen LogP contribution in [0.2, 0.25) is 0 Å². The average molecular weight is 249 g/mol. The molecule has 18 heavy (non-hydrogen) atoms. The zero-order chi connectivity index (χ0) is 13.1. The van der Waals surface area contributed by atoms with Crippen LogP contribution in [0, 0.1) is 17.8 Å². The highest BCUT2D eigenvalue weighted by molar-refractivity contribution is 5.25. The van der Waals surface area contributed by atoms with E-state index in [1.165, 1.54) is 6.42 Å². The van der Waals surface area contributed by atoms with E-state index in [2.05, 4.69) is 44.9 Å². The molecule has 0 spiro atoms. The Labute approximate surface area is 112 Å². The molecular formula is C16H27NO. The second-order valence-corrected chi connectivity index (χ2v) is 6.13. The maximum atomic E-state index is 5.42. The number of rotatable bonds is 2. The Kier molecular flexibility index (Phi) is 4.50. The molecule has 0 N–H and O–H groups in total. The summed E-state index contributed by atoms with van der Waals surface area (Å²) in [7, 11) is 0. The fraction of sp³-hybridized carbons (Fsp3) is 0.750. The molecule has 2 rings (SSSR count). The van der Waals surface area contributed by atoms with Crippen molar-refractivity contribution in [2.24, 2.45) is 17.8 Å². The average Bonchev–Trinajstić information content (AvgIpc) is 2.33. The molecule has 0 amide bonds. The number of ether oxygens (including phenoxy) is 1. The van der Waals surface area contributed by atoms with E-state index in [1.807, 2.05) is 0 Å². The number of nitrogens with zero attached hydrogens (tertiary/aromatic N) is 1. The lowest BCUT2D eigenvalue weighted by Gasteiger charge is -2.35. The van der Waals surface area contributed by atoms with Crippen molar-refractivity contribution in [3.63, 3.8) is 0 Å². The molecule has 0 aromatic heterocycles. The molecule has 102 valence electrons. The molecule has 2 nitrogen and oxygen atoms in total. The van der Waals surface area contributed by atoms with Crippen molar-refractivity contribution in [1.29, 1.82) is 0 Å². The molecule has 1 heterocycles. The molecule has 1 aliphatic carbocycles. The van der Waals surface area contributed by atoms with Crippen molar-refractivity contribution >= 4 is 0 Å². The maximum absolute atomic E-state index is 5.42. The van der Waals surface area contributed by atoms with Crippen LogP contribution >= 0.6 is 0 Å². The molecule has 0 radical (unpaired) electrons. The smallest absolute Gasteiger partial charge is 0.0642 e. The van der Waals surface area contributed by atoms with Crippen molar-refractivity contribution < 1.29 is 4.74 Å². The van der Waals surface area contributed by atoms with Crippen LogP contribution in [-0.2, 0) is 4.74 Å². The fourth-order valence-corrected chi connectivity index (χ4v) is 3.14. The van der Waals surface area contributed by atoms with Gasteiger partial charge in [0.1, 0.15) is 0 Å². The van der Waals surface area contributed by atoms with Crippen LogP contribution in [0.3, 0.4) is 0 Å². The van der Waals surface area contributed by atoms with Crippen LogP contribution in [-0.4, -0.2) is 31.2 Å². The predicted octanol–water partition coefficient (Wildman–Crippen LogP) is 3.46. The van der Waals surface area contributed by atoms with Gasteiger partial charge in [-0.3, -0.25) is 0 Å². The zero-order valence-electron chi connectivity index (χ0n) is 12.3. The fourth-order valence-electron chi connectivity index (χ4n) is 3.14. The first-order chi connectivity index (χ1) is 8.58. The largest absolute Gasteiger partial charge is 0.378 e. The minimum absolute atomic E-state index is 0.592. The van der Waals surface area contributed by atoms with Crippen LogP contribution in [0.5, 0.6) is 0 Å². The lowest BCUT2D eigenvalue weighted by atomic mass is 9.74. The minimum Gasteiger partial charge on any atom is -0.378 e. The molecular weight excluding hydrogens is 222 g/mol. The number of allylic oxidation sites excluding steroid dienone is 3. The van der Waals surface area contributed by atoms with Crippen LogP contribution in [0.4, 0.5) is 0 Å². The van der Waals surface area contributed by atoms with E-state index in [0.29, 0.717) is 11.8 Å². The molecule has 0 bridgehead atoms. The van der Waals surface area contributed by atoms with Gasteiger partial charge in [0.25, 0.3) is 0 Å². The predicted molar refractivity (Wildman–Crippen MR) is 76.3 cm³/mol. The maximum Gasteiger partial charge on any atom is 0.0642 e. The monoisotopic (exact) mass is 249 g/mol. The molecule has 2 aliphatic rings. The van der Waals surface area contributed by atoms with Gasteiger partial charge in [-0.25, -0.2) is 0 Å².